The number of benzene rings is 2. The molecule has 0 aromatic heterocycles. The van der Waals surface area contributed by atoms with Gasteiger partial charge in [0.05, 0.1) is 4.90 Å². The minimum Gasteiger partial charge on any atom is -0.482 e. The maximum Gasteiger partial charge on any atom is 0.344 e. The number of hydrogen-bond donors (Lipinski definition) is 1. The first-order chi connectivity index (χ1) is 15.4. The fourth-order valence-electron chi connectivity index (χ4n) is 3.98. The second kappa shape index (κ2) is 9.70. The molecular formula is C23H26N2O6S. The summed E-state index contributed by atoms with van der Waals surface area (Å²) < 4.78 is 37.2. The van der Waals surface area contributed by atoms with Gasteiger partial charge in [-0.1, -0.05) is 12.1 Å². The van der Waals surface area contributed by atoms with E-state index in [0.717, 1.165) is 32.1 Å². The summed E-state index contributed by atoms with van der Waals surface area (Å²) in [7, 11) is -3.58. The summed E-state index contributed by atoms with van der Waals surface area (Å²) in [6, 6.07) is 11.8. The van der Waals surface area contributed by atoms with Crippen LogP contribution in [0.4, 0.5) is 5.69 Å². The van der Waals surface area contributed by atoms with Gasteiger partial charge in [0, 0.05) is 18.8 Å². The highest BCUT2D eigenvalue weighted by molar-refractivity contribution is 7.89. The summed E-state index contributed by atoms with van der Waals surface area (Å²) in [6.45, 7) is 0.218. The highest BCUT2D eigenvalue weighted by atomic mass is 32.2. The van der Waals surface area contributed by atoms with Crippen LogP contribution in [-0.2, 0) is 37.2 Å². The summed E-state index contributed by atoms with van der Waals surface area (Å²) >= 11 is 0. The molecule has 1 amide bonds. The Bertz CT molecular complexity index is 1110. The van der Waals surface area contributed by atoms with Gasteiger partial charge in [0.1, 0.15) is 5.75 Å². The van der Waals surface area contributed by atoms with Crippen molar-refractivity contribution in [3.63, 3.8) is 0 Å². The monoisotopic (exact) mass is 458 g/mol. The third kappa shape index (κ3) is 5.28. The number of rotatable bonds is 8. The molecule has 0 unspecified atom stereocenters. The largest absolute Gasteiger partial charge is 0.482 e. The Hall–Kier alpha value is -2.91. The van der Waals surface area contributed by atoms with Crippen LogP contribution < -0.4 is 10.1 Å². The molecule has 0 atom stereocenters. The minimum absolute atomic E-state index is 0.122. The Labute approximate surface area is 187 Å². The van der Waals surface area contributed by atoms with Crippen molar-refractivity contribution in [3.8, 4) is 5.75 Å². The van der Waals surface area contributed by atoms with Crippen LogP contribution in [0.2, 0.25) is 0 Å². The molecule has 170 valence electrons. The number of aryl methyl sites for hydroxylation is 2. The molecule has 1 fully saturated rings. The van der Waals surface area contributed by atoms with E-state index in [4.69, 9.17) is 9.47 Å². The fourth-order valence-corrected chi connectivity index (χ4v) is 5.54. The molecule has 2 aromatic rings. The van der Waals surface area contributed by atoms with E-state index in [2.05, 4.69) is 5.32 Å². The van der Waals surface area contributed by atoms with E-state index in [1.165, 1.54) is 27.6 Å². The van der Waals surface area contributed by atoms with Crippen LogP contribution in [0, 0.1) is 0 Å². The van der Waals surface area contributed by atoms with Crippen LogP contribution in [0.3, 0.4) is 0 Å². The SMILES string of the molecule is O=C(COC(=O)COc1ccc2c(c1)CCC2)Nc1cccc(S(=O)(=O)N2CCCC2)c1. The molecule has 0 radical (unpaired) electrons. The lowest BCUT2D eigenvalue weighted by Crippen LogP contribution is -2.28. The van der Waals surface area contributed by atoms with E-state index >= 15 is 0 Å². The minimum atomic E-state index is -3.58. The molecule has 2 aliphatic rings. The number of carbonyl (C=O) groups is 2. The molecule has 1 saturated heterocycles. The highest BCUT2D eigenvalue weighted by Crippen LogP contribution is 2.26. The number of amides is 1. The Morgan fingerprint density at radius 3 is 2.53 bits per heavy atom. The number of fused-ring (bicyclic) bond motifs is 1. The van der Waals surface area contributed by atoms with Crippen molar-refractivity contribution in [2.24, 2.45) is 0 Å². The highest BCUT2D eigenvalue weighted by Gasteiger charge is 2.27. The van der Waals surface area contributed by atoms with Crippen LogP contribution in [0.1, 0.15) is 30.4 Å². The quantitative estimate of drug-likeness (QED) is 0.610. The van der Waals surface area contributed by atoms with Crippen molar-refractivity contribution >= 4 is 27.6 Å². The van der Waals surface area contributed by atoms with Gasteiger partial charge in [-0.05, 0) is 73.6 Å². The van der Waals surface area contributed by atoms with Crippen LogP contribution in [0.15, 0.2) is 47.4 Å². The number of esters is 1. The van der Waals surface area contributed by atoms with Gasteiger partial charge >= 0.3 is 5.97 Å². The molecular weight excluding hydrogens is 432 g/mol. The molecule has 4 rings (SSSR count). The molecule has 0 saturated carbocycles. The second-order valence-corrected chi connectivity index (χ2v) is 9.86. The first kappa shape index (κ1) is 22.3. The lowest BCUT2D eigenvalue weighted by atomic mass is 10.1. The van der Waals surface area contributed by atoms with Crippen molar-refractivity contribution in [2.75, 3.05) is 31.6 Å². The smallest absolute Gasteiger partial charge is 0.344 e. The zero-order valence-corrected chi connectivity index (χ0v) is 18.5. The number of nitrogens with one attached hydrogen (secondary N) is 1. The van der Waals surface area contributed by atoms with Gasteiger partial charge in [-0.25, -0.2) is 13.2 Å². The van der Waals surface area contributed by atoms with E-state index in [1.807, 2.05) is 18.2 Å². The van der Waals surface area contributed by atoms with Crippen molar-refractivity contribution in [2.45, 2.75) is 37.0 Å². The molecule has 1 aliphatic heterocycles. The number of sulfonamides is 1. The summed E-state index contributed by atoms with van der Waals surface area (Å²) in [5, 5.41) is 2.56. The fraction of sp³-hybridized carbons (Fsp3) is 0.391. The maximum absolute atomic E-state index is 12.7. The first-order valence-corrected chi connectivity index (χ1v) is 12.2. The molecule has 8 nitrogen and oxygen atoms in total. The summed E-state index contributed by atoms with van der Waals surface area (Å²) in [5.74, 6) is -0.624. The Morgan fingerprint density at radius 1 is 0.938 bits per heavy atom. The Morgan fingerprint density at radius 2 is 1.72 bits per heavy atom. The van der Waals surface area contributed by atoms with E-state index in [-0.39, 0.29) is 11.5 Å². The predicted molar refractivity (Wildman–Crippen MR) is 118 cm³/mol. The van der Waals surface area contributed by atoms with Gasteiger partial charge in [0.2, 0.25) is 10.0 Å². The van der Waals surface area contributed by atoms with Gasteiger partial charge in [0.25, 0.3) is 5.91 Å². The number of hydrogen-bond acceptors (Lipinski definition) is 6. The molecule has 0 spiro atoms. The van der Waals surface area contributed by atoms with Crippen molar-refractivity contribution in [1.29, 1.82) is 0 Å². The van der Waals surface area contributed by atoms with Crippen LogP contribution in [-0.4, -0.2) is 50.9 Å². The van der Waals surface area contributed by atoms with Gasteiger partial charge < -0.3 is 14.8 Å². The summed E-state index contributed by atoms with van der Waals surface area (Å²) in [4.78, 5) is 24.2. The Balaban J connectivity index is 1.25. The van der Waals surface area contributed by atoms with Crippen LogP contribution in [0.25, 0.3) is 0 Å². The topological polar surface area (TPSA) is 102 Å². The molecule has 2 aromatic carbocycles. The van der Waals surface area contributed by atoms with E-state index in [1.54, 1.807) is 12.1 Å². The first-order valence-electron chi connectivity index (χ1n) is 10.7. The number of anilines is 1. The molecule has 32 heavy (non-hydrogen) atoms. The van der Waals surface area contributed by atoms with E-state index in [0.29, 0.717) is 24.5 Å². The number of ether oxygens (including phenoxy) is 2. The normalized spacial score (nSPS) is 15.9. The summed E-state index contributed by atoms with van der Waals surface area (Å²) in [5.41, 5.74) is 2.87. The van der Waals surface area contributed by atoms with E-state index < -0.39 is 28.5 Å². The standard InChI is InChI=1S/C23H26N2O6S/c26-22(15-31-23(27)16-30-20-10-9-17-5-3-6-18(17)13-20)24-19-7-4-8-21(14-19)32(28,29)25-11-1-2-12-25/h4,7-10,13-14H,1-3,5-6,11-12,15-16H2,(H,24,26). The third-order valence-corrected chi connectivity index (χ3v) is 7.51. The zero-order valence-electron chi connectivity index (χ0n) is 17.7. The number of nitrogens with zero attached hydrogens (tertiary/aromatic N) is 1. The summed E-state index contributed by atoms with van der Waals surface area (Å²) in [6.07, 6.45) is 4.90. The van der Waals surface area contributed by atoms with Crippen LogP contribution >= 0.6 is 0 Å². The van der Waals surface area contributed by atoms with Crippen molar-refractivity contribution < 1.29 is 27.5 Å². The van der Waals surface area contributed by atoms with Gasteiger partial charge in [-0.2, -0.15) is 4.31 Å². The molecule has 9 heteroatoms. The third-order valence-electron chi connectivity index (χ3n) is 5.61. The lowest BCUT2D eigenvalue weighted by molar-refractivity contribution is -0.149. The molecule has 1 heterocycles. The van der Waals surface area contributed by atoms with Gasteiger partial charge in [0.15, 0.2) is 13.2 Å². The van der Waals surface area contributed by atoms with Gasteiger partial charge in [-0.3, -0.25) is 4.79 Å². The van der Waals surface area contributed by atoms with Crippen molar-refractivity contribution in [3.05, 3.63) is 53.6 Å². The molecule has 1 N–H and O–H groups in total. The van der Waals surface area contributed by atoms with Crippen molar-refractivity contribution in [1.82, 2.24) is 4.31 Å². The lowest BCUT2D eigenvalue weighted by Gasteiger charge is -2.16. The Kier molecular flexibility index (Phi) is 6.76. The molecule has 0 bridgehead atoms. The predicted octanol–water partition coefficient (Wildman–Crippen LogP) is 2.52. The average Bonchev–Trinajstić information content (AvgIpc) is 3.48. The van der Waals surface area contributed by atoms with Crippen LogP contribution in [0.5, 0.6) is 5.75 Å². The number of carbonyl (C=O) groups excluding carboxylic acids is 2. The second-order valence-electron chi connectivity index (χ2n) is 7.92. The zero-order chi connectivity index (χ0) is 22.6. The maximum atomic E-state index is 12.7. The molecule has 1 aliphatic carbocycles. The van der Waals surface area contributed by atoms with E-state index in [9.17, 15) is 18.0 Å². The average molecular weight is 459 g/mol. The van der Waals surface area contributed by atoms with Gasteiger partial charge in [-0.15, -0.1) is 0 Å².